The second-order valence-electron chi connectivity index (χ2n) is 4.78. The molecule has 1 heterocycles. The minimum atomic E-state index is 0.204. The number of carbonyl (C=O) groups is 1. The smallest absolute Gasteiger partial charge is 0.224 e. The van der Waals surface area contributed by atoms with Crippen LogP contribution in [0.1, 0.15) is 32.6 Å². The molecule has 0 unspecified atom stereocenters. The Morgan fingerprint density at radius 2 is 2.06 bits per heavy atom. The van der Waals surface area contributed by atoms with Crippen LogP contribution in [-0.2, 0) is 4.79 Å². The lowest BCUT2D eigenvalue weighted by molar-refractivity contribution is -0.131. The van der Waals surface area contributed by atoms with Crippen LogP contribution in [-0.4, -0.2) is 42.9 Å². The third-order valence-electron chi connectivity index (χ3n) is 2.87. The highest BCUT2D eigenvalue weighted by atomic mass is 16.2. The van der Waals surface area contributed by atoms with Gasteiger partial charge in [-0.25, -0.2) is 4.99 Å². The summed E-state index contributed by atoms with van der Waals surface area (Å²) in [7, 11) is 0. The van der Waals surface area contributed by atoms with E-state index in [-0.39, 0.29) is 5.91 Å². The number of nitrogens with zero attached hydrogens (tertiary/aromatic N) is 2. The summed E-state index contributed by atoms with van der Waals surface area (Å²) in [6.45, 7) is 8.52. The number of amides is 1. The monoisotopic (exact) mass is 252 g/mol. The van der Waals surface area contributed by atoms with Crippen molar-refractivity contribution in [3.05, 3.63) is 12.2 Å². The summed E-state index contributed by atoms with van der Waals surface area (Å²) in [5, 5.41) is 2.95. The molecule has 1 amide bonds. The SMILES string of the molecule is C=C(C)CN=C(N)NCCC(=O)N1CCCCC1. The van der Waals surface area contributed by atoms with Crippen molar-refractivity contribution in [2.45, 2.75) is 32.6 Å². The van der Waals surface area contributed by atoms with Crippen molar-refractivity contribution < 1.29 is 4.79 Å². The van der Waals surface area contributed by atoms with E-state index in [4.69, 9.17) is 5.73 Å². The van der Waals surface area contributed by atoms with Gasteiger partial charge in [-0.15, -0.1) is 0 Å². The fourth-order valence-electron chi connectivity index (χ4n) is 1.87. The van der Waals surface area contributed by atoms with Gasteiger partial charge < -0.3 is 16.0 Å². The third-order valence-corrected chi connectivity index (χ3v) is 2.87. The molecule has 18 heavy (non-hydrogen) atoms. The van der Waals surface area contributed by atoms with Gasteiger partial charge in [0.2, 0.25) is 5.91 Å². The van der Waals surface area contributed by atoms with E-state index in [1.54, 1.807) is 0 Å². The lowest BCUT2D eigenvalue weighted by atomic mass is 10.1. The predicted molar refractivity (Wildman–Crippen MR) is 74.4 cm³/mol. The van der Waals surface area contributed by atoms with Crippen molar-refractivity contribution in [3.63, 3.8) is 0 Å². The van der Waals surface area contributed by atoms with Crippen molar-refractivity contribution in [1.29, 1.82) is 0 Å². The van der Waals surface area contributed by atoms with E-state index in [1.165, 1.54) is 6.42 Å². The van der Waals surface area contributed by atoms with E-state index in [2.05, 4.69) is 16.9 Å². The lowest BCUT2D eigenvalue weighted by Gasteiger charge is -2.26. The molecule has 0 bridgehead atoms. The molecule has 102 valence electrons. The van der Waals surface area contributed by atoms with Gasteiger partial charge in [0.05, 0.1) is 6.54 Å². The molecule has 1 aliphatic rings. The summed E-state index contributed by atoms with van der Waals surface area (Å²) in [4.78, 5) is 17.9. The van der Waals surface area contributed by atoms with Crippen LogP contribution in [0, 0.1) is 0 Å². The average Bonchev–Trinajstić information content (AvgIpc) is 2.37. The lowest BCUT2D eigenvalue weighted by Crippen LogP contribution is -2.39. The van der Waals surface area contributed by atoms with Crippen LogP contribution in [0.4, 0.5) is 0 Å². The van der Waals surface area contributed by atoms with Gasteiger partial charge in [-0.2, -0.15) is 0 Å². The van der Waals surface area contributed by atoms with Gasteiger partial charge >= 0.3 is 0 Å². The van der Waals surface area contributed by atoms with Gasteiger partial charge in [0.25, 0.3) is 0 Å². The maximum atomic E-state index is 11.8. The normalized spacial score (nSPS) is 16.5. The van der Waals surface area contributed by atoms with Gasteiger partial charge in [0.15, 0.2) is 5.96 Å². The number of hydrogen-bond acceptors (Lipinski definition) is 2. The highest BCUT2D eigenvalue weighted by Gasteiger charge is 2.15. The van der Waals surface area contributed by atoms with Gasteiger partial charge in [0.1, 0.15) is 0 Å². The Morgan fingerprint density at radius 1 is 1.39 bits per heavy atom. The second kappa shape index (κ2) is 7.74. The number of nitrogens with two attached hydrogens (primary N) is 1. The molecule has 1 rings (SSSR count). The summed E-state index contributed by atoms with van der Waals surface area (Å²) in [6, 6.07) is 0. The van der Waals surface area contributed by atoms with Crippen LogP contribution in [0.15, 0.2) is 17.1 Å². The molecule has 3 N–H and O–H groups in total. The van der Waals surface area contributed by atoms with Crippen LogP contribution in [0.25, 0.3) is 0 Å². The molecule has 0 aromatic carbocycles. The fourth-order valence-corrected chi connectivity index (χ4v) is 1.87. The molecule has 0 atom stereocenters. The number of hydrogen-bond donors (Lipinski definition) is 2. The Kier molecular flexibility index (Phi) is 6.25. The van der Waals surface area contributed by atoms with Gasteiger partial charge in [0, 0.05) is 26.1 Å². The number of piperidine rings is 1. The van der Waals surface area contributed by atoms with Crippen LogP contribution >= 0.6 is 0 Å². The maximum absolute atomic E-state index is 11.8. The van der Waals surface area contributed by atoms with Crippen LogP contribution < -0.4 is 11.1 Å². The zero-order valence-corrected chi connectivity index (χ0v) is 11.2. The second-order valence-corrected chi connectivity index (χ2v) is 4.78. The average molecular weight is 252 g/mol. The Balaban J connectivity index is 2.18. The van der Waals surface area contributed by atoms with E-state index in [0.29, 0.717) is 25.5 Å². The number of nitrogens with one attached hydrogen (secondary N) is 1. The Morgan fingerprint density at radius 3 is 2.67 bits per heavy atom. The molecule has 5 nitrogen and oxygen atoms in total. The van der Waals surface area contributed by atoms with Gasteiger partial charge in [-0.3, -0.25) is 4.79 Å². The third kappa shape index (κ3) is 5.70. The predicted octanol–water partition coefficient (Wildman–Crippen LogP) is 0.869. The highest BCUT2D eigenvalue weighted by molar-refractivity contribution is 5.80. The summed E-state index contributed by atoms with van der Waals surface area (Å²) in [5.74, 6) is 0.583. The number of rotatable bonds is 5. The molecule has 5 heteroatoms. The maximum Gasteiger partial charge on any atom is 0.224 e. The molecular formula is C13H24N4O. The highest BCUT2D eigenvalue weighted by Crippen LogP contribution is 2.09. The van der Waals surface area contributed by atoms with E-state index < -0.39 is 0 Å². The topological polar surface area (TPSA) is 70.7 Å². The fraction of sp³-hybridized carbons (Fsp3) is 0.692. The molecular weight excluding hydrogens is 228 g/mol. The molecule has 0 aliphatic carbocycles. The van der Waals surface area contributed by atoms with Crippen molar-refractivity contribution in [1.82, 2.24) is 10.2 Å². The Hall–Kier alpha value is -1.52. The zero-order chi connectivity index (χ0) is 13.4. The quantitative estimate of drug-likeness (QED) is 0.433. The van der Waals surface area contributed by atoms with Crippen LogP contribution in [0.5, 0.6) is 0 Å². The molecule has 0 radical (unpaired) electrons. The van der Waals surface area contributed by atoms with Gasteiger partial charge in [-0.05, 0) is 26.2 Å². The standard InChI is InChI=1S/C13H24N4O/c1-11(2)10-16-13(14)15-7-6-12(18)17-8-4-3-5-9-17/h1,3-10H2,2H3,(H3,14,15,16). The van der Waals surface area contributed by atoms with Crippen molar-refractivity contribution in [2.75, 3.05) is 26.2 Å². The number of carbonyl (C=O) groups excluding carboxylic acids is 1. The number of aliphatic imine (C=N–C) groups is 1. The molecule has 1 aliphatic heterocycles. The first kappa shape index (κ1) is 14.5. The summed E-state index contributed by atoms with van der Waals surface area (Å²) >= 11 is 0. The van der Waals surface area contributed by atoms with E-state index >= 15 is 0 Å². The van der Waals surface area contributed by atoms with Crippen molar-refractivity contribution in [2.24, 2.45) is 10.7 Å². The minimum Gasteiger partial charge on any atom is -0.370 e. The molecule has 0 aromatic heterocycles. The first-order valence-electron chi connectivity index (χ1n) is 6.55. The van der Waals surface area contributed by atoms with Crippen LogP contribution in [0.3, 0.4) is 0 Å². The van der Waals surface area contributed by atoms with E-state index in [0.717, 1.165) is 31.5 Å². The molecule has 1 fully saturated rings. The van der Waals surface area contributed by atoms with Crippen molar-refractivity contribution >= 4 is 11.9 Å². The molecule has 0 saturated carbocycles. The van der Waals surface area contributed by atoms with Gasteiger partial charge in [-0.1, -0.05) is 12.2 Å². The first-order chi connectivity index (χ1) is 8.59. The zero-order valence-electron chi connectivity index (χ0n) is 11.2. The molecule has 0 aromatic rings. The minimum absolute atomic E-state index is 0.204. The van der Waals surface area contributed by atoms with Crippen molar-refractivity contribution in [3.8, 4) is 0 Å². The largest absolute Gasteiger partial charge is 0.370 e. The molecule has 0 spiro atoms. The summed E-state index contributed by atoms with van der Waals surface area (Å²) in [6.07, 6.45) is 3.97. The summed E-state index contributed by atoms with van der Waals surface area (Å²) < 4.78 is 0. The Bertz CT molecular complexity index is 319. The Labute approximate surface area is 109 Å². The van der Waals surface area contributed by atoms with Crippen LogP contribution in [0.2, 0.25) is 0 Å². The number of guanidine groups is 1. The number of likely N-dealkylation sites (tertiary alicyclic amines) is 1. The van der Waals surface area contributed by atoms with E-state index in [1.807, 2.05) is 11.8 Å². The first-order valence-corrected chi connectivity index (χ1v) is 6.55. The molecule has 1 saturated heterocycles. The van der Waals surface area contributed by atoms with E-state index in [9.17, 15) is 4.79 Å². The summed E-state index contributed by atoms with van der Waals surface area (Å²) in [5.41, 5.74) is 6.62.